The second-order valence-corrected chi connectivity index (χ2v) is 7.30. The van der Waals surface area contributed by atoms with Crippen LogP contribution < -0.4 is 15.4 Å². The summed E-state index contributed by atoms with van der Waals surface area (Å²) in [6.45, 7) is 1.02. The summed E-state index contributed by atoms with van der Waals surface area (Å²) in [6, 6.07) is 9.10. The van der Waals surface area contributed by atoms with Crippen molar-refractivity contribution < 1.29 is 41.4 Å². The summed E-state index contributed by atoms with van der Waals surface area (Å²) in [7, 11) is 0. The normalized spacial score (nSPS) is 11.0. The van der Waals surface area contributed by atoms with Gasteiger partial charge in [-0.25, -0.2) is 4.79 Å². The fourth-order valence-corrected chi connectivity index (χ4v) is 3.42. The van der Waals surface area contributed by atoms with E-state index in [4.69, 9.17) is 9.15 Å². The van der Waals surface area contributed by atoms with Crippen molar-refractivity contribution in [1.82, 2.24) is 0 Å². The number of aryl methyl sites for hydroxylation is 1. The minimum absolute atomic E-state index is 0.106. The molecule has 0 spiro atoms. The van der Waals surface area contributed by atoms with Crippen LogP contribution in [0.3, 0.4) is 0 Å². The van der Waals surface area contributed by atoms with Gasteiger partial charge >= 0.3 is 12.3 Å². The van der Waals surface area contributed by atoms with Crippen LogP contribution in [0.2, 0.25) is 0 Å². The van der Waals surface area contributed by atoms with E-state index in [0.717, 1.165) is 23.5 Å². The molecular formula is C20H15F3N2O6S. The van der Waals surface area contributed by atoms with E-state index < -0.39 is 36.5 Å². The Morgan fingerprint density at radius 3 is 2.44 bits per heavy atom. The highest BCUT2D eigenvalue weighted by Gasteiger charge is 2.31. The standard InChI is InChI=1S/C20H15F3N2O6S/c1-11-9-16(25-18(27)14-3-2-8-29-14)32-17(11)19(28)30-10-15(26)24-12-4-6-13(7-5-12)31-20(21,22)23/h2-9H,10H2,1H3,(H,24,26)(H,25,27). The number of hydrogen-bond acceptors (Lipinski definition) is 7. The predicted octanol–water partition coefficient (Wildman–Crippen LogP) is 4.60. The zero-order valence-corrected chi connectivity index (χ0v) is 17.1. The van der Waals surface area contributed by atoms with Gasteiger partial charge in [0.05, 0.1) is 11.3 Å². The van der Waals surface area contributed by atoms with Crippen LogP contribution in [-0.4, -0.2) is 30.8 Å². The van der Waals surface area contributed by atoms with Gasteiger partial charge in [-0.05, 0) is 55.0 Å². The molecule has 0 atom stereocenters. The van der Waals surface area contributed by atoms with Gasteiger partial charge in [0.2, 0.25) is 0 Å². The van der Waals surface area contributed by atoms with Crippen molar-refractivity contribution in [1.29, 1.82) is 0 Å². The lowest BCUT2D eigenvalue weighted by molar-refractivity contribution is -0.274. The van der Waals surface area contributed by atoms with Crippen molar-refractivity contribution >= 4 is 39.8 Å². The Bertz CT molecular complexity index is 1110. The van der Waals surface area contributed by atoms with E-state index in [1.165, 1.54) is 24.5 Å². The summed E-state index contributed by atoms with van der Waals surface area (Å²) in [6.07, 6.45) is -3.46. The van der Waals surface area contributed by atoms with Gasteiger partial charge in [0, 0.05) is 5.69 Å². The first-order chi connectivity index (χ1) is 15.1. The molecule has 0 aliphatic rings. The zero-order chi connectivity index (χ0) is 23.3. The summed E-state index contributed by atoms with van der Waals surface area (Å²) in [5.74, 6) is -2.28. The Balaban J connectivity index is 1.51. The fraction of sp³-hybridized carbons (Fsp3) is 0.150. The van der Waals surface area contributed by atoms with E-state index in [-0.39, 0.29) is 16.3 Å². The SMILES string of the molecule is Cc1cc(NC(=O)c2ccco2)sc1C(=O)OCC(=O)Nc1ccc(OC(F)(F)F)cc1. The van der Waals surface area contributed by atoms with Gasteiger partial charge in [0.1, 0.15) is 10.6 Å². The number of rotatable bonds is 7. The molecule has 168 valence electrons. The molecule has 0 radical (unpaired) electrons. The molecule has 0 bridgehead atoms. The Hall–Kier alpha value is -3.80. The summed E-state index contributed by atoms with van der Waals surface area (Å²) >= 11 is 0.969. The first-order valence-electron chi connectivity index (χ1n) is 8.89. The Morgan fingerprint density at radius 2 is 1.81 bits per heavy atom. The zero-order valence-electron chi connectivity index (χ0n) is 16.3. The molecule has 0 aliphatic carbocycles. The number of furan rings is 1. The van der Waals surface area contributed by atoms with Crippen LogP contribution >= 0.6 is 11.3 Å². The maximum Gasteiger partial charge on any atom is 0.573 e. The third-order valence-corrected chi connectivity index (χ3v) is 4.92. The van der Waals surface area contributed by atoms with Crippen LogP contribution in [0.15, 0.2) is 53.1 Å². The number of carbonyl (C=O) groups is 3. The molecular weight excluding hydrogens is 453 g/mol. The molecule has 2 amide bonds. The van der Waals surface area contributed by atoms with Gasteiger partial charge in [0.15, 0.2) is 12.4 Å². The Kier molecular flexibility index (Phi) is 6.83. The van der Waals surface area contributed by atoms with Crippen molar-refractivity contribution in [3.8, 4) is 5.75 Å². The van der Waals surface area contributed by atoms with Gasteiger partial charge in [-0.1, -0.05) is 0 Å². The predicted molar refractivity (Wildman–Crippen MR) is 108 cm³/mol. The molecule has 32 heavy (non-hydrogen) atoms. The van der Waals surface area contributed by atoms with E-state index in [2.05, 4.69) is 15.4 Å². The third kappa shape index (κ3) is 6.35. The van der Waals surface area contributed by atoms with Crippen molar-refractivity contribution in [2.24, 2.45) is 0 Å². The maximum atomic E-state index is 12.3. The third-order valence-electron chi connectivity index (χ3n) is 3.79. The quantitative estimate of drug-likeness (QED) is 0.491. The van der Waals surface area contributed by atoms with Crippen molar-refractivity contribution in [3.05, 3.63) is 64.9 Å². The molecule has 8 nitrogen and oxygen atoms in total. The minimum Gasteiger partial charge on any atom is -0.459 e. The number of anilines is 2. The van der Waals surface area contributed by atoms with E-state index >= 15 is 0 Å². The molecule has 3 aromatic rings. The number of nitrogens with one attached hydrogen (secondary N) is 2. The Labute approximate surface area is 182 Å². The summed E-state index contributed by atoms with van der Waals surface area (Å²) in [5, 5.41) is 5.37. The van der Waals surface area contributed by atoms with Crippen molar-refractivity contribution in [2.45, 2.75) is 13.3 Å². The van der Waals surface area contributed by atoms with E-state index in [0.29, 0.717) is 10.6 Å². The van der Waals surface area contributed by atoms with E-state index in [1.807, 2.05) is 0 Å². The summed E-state index contributed by atoms with van der Waals surface area (Å²) < 4.78 is 50.2. The number of thiophene rings is 1. The lowest BCUT2D eigenvalue weighted by Crippen LogP contribution is -2.21. The number of ether oxygens (including phenoxy) is 2. The summed E-state index contributed by atoms with van der Waals surface area (Å²) in [4.78, 5) is 36.5. The lowest BCUT2D eigenvalue weighted by atomic mass is 10.3. The van der Waals surface area contributed by atoms with E-state index in [1.54, 1.807) is 19.1 Å². The lowest BCUT2D eigenvalue weighted by Gasteiger charge is -2.10. The largest absolute Gasteiger partial charge is 0.573 e. The van der Waals surface area contributed by atoms with Gasteiger partial charge in [-0.2, -0.15) is 0 Å². The minimum atomic E-state index is -4.82. The van der Waals surface area contributed by atoms with Crippen molar-refractivity contribution in [2.75, 3.05) is 17.2 Å². The first-order valence-corrected chi connectivity index (χ1v) is 9.70. The van der Waals surface area contributed by atoms with Crippen LogP contribution in [0.25, 0.3) is 0 Å². The molecule has 0 fully saturated rings. The number of halogens is 3. The number of benzene rings is 1. The molecule has 0 saturated heterocycles. The second-order valence-electron chi connectivity index (χ2n) is 6.25. The molecule has 0 unspecified atom stereocenters. The number of carbonyl (C=O) groups excluding carboxylic acids is 3. The summed E-state index contributed by atoms with van der Waals surface area (Å²) in [5.41, 5.74) is 0.728. The monoisotopic (exact) mass is 468 g/mol. The molecule has 0 saturated carbocycles. The number of esters is 1. The van der Waals surface area contributed by atoms with Crippen LogP contribution in [0.1, 0.15) is 25.8 Å². The molecule has 0 aliphatic heterocycles. The highest BCUT2D eigenvalue weighted by atomic mass is 32.1. The molecule has 2 heterocycles. The highest BCUT2D eigenvalue weighted by Crippen LogP contribution is 2.28. The average Bonchev–Trinajstić information content (AvgIpc) is 3.36. The fourth-order valence-electron chi connectivity index (χ4n) is 2.46. The Morgan fingerprint density at radius 1 is 1.09 bits per heavy atom. The smallest absolute Gasteiger partial charge is 0.459 e. The topological polar surface area (TPSA) is 107 Å². The molecule has 1 aromatic carbocycles. The van der Waals surface area contributed by atoms with Crippen molar-refractivity contribution in [3.63, 3.8) is 0 Å². The number of hydrogen-bond donors (Lipinski definition) is 2. The van der Waals surface area contributed by atoms with Gasteiger partial charge < -0.3 is 24.5 Å². The van der Waals surface area contributed by atoms with Gasteiger partial charge in [-0.3, -0.25) is 9.59 Å². The van der Waals surface area contributed by atoms with E-state index in [9.17, 15) is 27.6 Å². The average molecular weight is 468 g/mol. The molecule has 2 N–H and O–H groups in total. The highest BCUT2D eigenvalue weighted by molar-refractivity contribution is 7.18. The maximum absolute atomic E-state index is 12.3. The van der Waals surface area contributed by atoms with Gasteiger partial charge in [-0.15, -0.1) is 24.5 Å². The van der Waals surface area contributed by atoms with Crippen LogP contribution in [0.4, 0.5) is 23.9 Å². The molecule has 3 rings (SSSR count). The van der Waals surface area contributed by atoms with Crippen LogP contribution in [-0.2, 0) is 9.53 Å². The number of amides is 2. The molecule has 2 aromatic heterocycles. The number of alkyl halides is 3. The van der Waals surface area contributed by atoms with Crippen LogP contribution in [0.5, 0.6) is 5.75 Å². The van der Waals surface area contributed by atoms with Crippen LogP contribution in [0, 0.1) is 6.92 Å². The second kappa shape index (κ2) is 9.56. The van der Waals surface area contributed by atoms with Gasteiger partial charge in [0.25, 0.3) is 11.8 Å². The molecule has 12 heteroatoms. The first kappa shape index (κ1) is 22.9.